The number of urea groups is 1. The van der Waals surface area contributed by atoms with E-state index < -0.39 is 18.6 Å². The first-order valence-corrected chi connectivity index (χ1v) is 13.6. The molecule has 5 rings (SSSR count). The molecule has 0 aromatic carbocycles. The molecule has 1 fully saturated rings. The zero-order valence-corrected chi connectivity index (χ0v) is 21.9. The lowest BCUT2D eigenvalue weighted by Gasteiger charge is -2.30. The van der Waals surface area contributed by atoms with Crippen molar-refractivity contribution in [1.82, 2.24) is 29.6 Å². The van der Waals surface area contributed by atoms with Gasteiger partial charge in [0.2, 0.25) is 5.88 Å². The fraction of sp³-hybridized carbons (Fsp3) is 0.593. The number of rotatable bonds is 4. The number of amides is 2. The molecule has 1 aliphatic carbocycles. The van der Waals surface area contributed by atoms with Gasteiger partial charge in [0.25, 0.3) is 0 Å². The summed E-state index contributed by atoms with van der Waals surface area (Å²) in [6.45, 7) is 4.65. The number of ether oxygens (including phenoxy) is 1. The Morgan fingerprint density at radius 2 is 1.95 bits per heavy atom. The number of fused-ring (bicyclic) bond motifs is 7. The van der Waals surface area contributed by atoms with Gasteiger partial charge in [-0.05, 0) is 70.6 Å². The minimum Gasteiger partial charge on any atom is -0.478 e. The molecule has 3 aromatic rings. The minimum atomic E-state index is -4.26. The SMILES string of the molecule is CCN1C(=O)N[C@@H](CCC(F)(F)F)CCCCCOc2cc(cc3ccnn23)-n2nc(cc2C2CC2)C1C. The van der Waals surface area contributed by atoms with Gasteiger partial charge in [-0.15, -0.1) is 0 Å². The average molecular weight is 533 g/mol. The Balaban J connectivity index is 1.50. The third-order valence-corrected chi connectivity index (χ3v) is 7.49. The molecular formula is C27H35F3N6O2. The molecule has 206 valence electrons. The molecule has 8 nitrogen and oxygen atoms in total. The minimum absolute atomic E-state index is 0.138. The van der Waals surface area contributed by atoms with Crippen molar-refractivity contribution in [2.45, 2.75) is 89.4 Å². The highest BCUT2D eigenvalue weighted by Crippen LogP contribution is 2.42. The van der Waals surface area contributed by atoms with Crippen molar-refractivity contribution in [3.05, 3.63) is 41.9 Å². The Labute approximate surface area is 220 Å². The molecule has 2 aliphatic rings. The Hall–Kier alpha value is -3.24. The topological polar surface area (TPSA) is 76.7 Å². The maximum Gasteiger partial charge on any atom is 0.389 e. The number of halogens is 3. The van der Waals surface area contributed by atoms with Gasteiger partial charge < -0.3 is 15.0 Å². The van der Waals surface area contributed by atoms with Crippen LogP contribution >= 0.6 is 0 Å². The van der Waals surface area contributed by atoms with Gasteiger partial charge in [0, 0.05) is 36.7 Å². The smallest absolute Gasteiger partial charge is 0.389 e. The zero-order chi connectivity index (χ0) is 26.9. The number of alkyl halides is 3. The highest BCUT2D eigenvalue weighted by atomic mass is 19.4. The van der Waals surface area contributed by atoms with Crippen LogP contribution in [0.5, 0.6) is 5.88 Å². The summed E-state index contributed by atoms with van der Waals surface area (Å²) >= 11 is 0. The third kappa shape index (κ3) is 5.91. The number of nitrogens with zero attached hydrogens (tertiary/aromatic N) is 5. The fourth-order valence-corrected chi connectivity index (χ4v) is 5.19. The second kappa shape index (κ2) is 10.9. The summed E-state index contributed by atoms with van der Waals surface area (Å²) in [5.74, 6) is 1.02. The number of pyridine rings is 1. The maximum absolute atomic E-state index is 13.3. The van der Waals surface area contributed by atoms with E-state index in [-0.39, 0.29) is 18.5 Å². The van der Waals surface area contributed by atoms with E-state index in [4.69, 9.17) is 9.84 Å². The van der Waals surface area contributed by atoms with Crippen LogP contribution in [-0.2, 0) is 0 Å². The molecule has 0 radical (unpaired) electrons. The predicted molar refractivity (Wildman–Crippen MR) is 137 cm³/mol. The van der Waals surface area contributed by atoms with Gasteiger partial charge >= 0.3 is 12.2 Å². The number of hydrogen-bond donors (Lipinski definition) is 1. The van der Waals surface area contributed by atoms with Gasteiger partial charge in [0.05, 0.1) is 35.7 Å². The van der Waals surface area contributed by atoms with Crippen LogP contribution in [0.3, 0.4) is 0 Å². The highest BCUT2D eigenvalue weighted by molar-refractivity contribution is 5.75. The Morgan fingerprint density at radius 1 is 1.13 bits per heavy atom. The lowest BCUT2D eigenvalue weighted by molar-refractivity contribution is -0.136. The average Bonchev–Trinajstić information content (AvgIpc) is 3.43. The normalized spacial score (nSPS) is 21.7. The van der Waals surface area contributed by atoms with Gasteiger partial charge in [-0.3, -0.25) is 0 Å². The number of carbonyl (C=O) groups is 1. The molecule has 0 saturated heterocycles. The first-order chi connectivity index (χ1) is 18.2. The van der Waals surface area contributed by atoms with Crippen LogP contribution in [0.2, 0.25) is 0 Å². The van der Waals surface area contributed by atoms with Crippen LogP contribution in [-0.4, -0.2) is 55.7 Å². The van der Waals surface area contributed by atoms with E-state index in [0.717, 1.165) is 48.3 Å². The molecule has 3 aromatic heterocycles. The molecular weight excluding hydrogens is 497 g/mol. The fourth-order valence-electron chi connectivity index (χ4n) is 5.19. The lowest BCUT2D eigenvalue weighted by atomic mass is 10.0. The summed E-state index contributed by atoms with van der Waals surface area (Å²) < 4.78 is 48.8. The van der Waals surface area contributed by atoms with Gasteiger partial charge in [0.1, 0.15) is 0 Å². The van der Waals surface area contributed by atoms with E-state index in [9.17, 15) is 18.0 Å². The van der Waals surface area contributed by atoms with Crippen LogP contribution in [0.4, 0.5) is 18.0 Å². The molecule has 11 heteroatoms. The van der Waals surface area contributed by atoms with Crippen molar-refractivity contribution < 1.29 is 22.7 Å². The summed E-state index contributed by atoms with van der Waals surface area (Å²) in [5.41, 5.74) is 3.60. The number of nitrogens with one attached hydrogen (secondary N) is 1. The summed E-state index contributed by atoms with van der Waals surface area (Å²) in [4.78, 5) is 15.0. The molecule has 38 heavy (non-hydrogen) atoms. The first kappa shape index (κ1) is 26.4. The van der Waals surface area contributed by atoms with Gasteiger partial charge in [-0.2, -0.15) is 23.4 Å². The van der Waals surface area contributed by atoms with E-state index in [1.165, 1.54) is 0 Å². The molecule has 1 N–H and O–H groups in total. The summed E-state index contributed by atoms with van der Waals surface area (Å²) in [6.07, 6.45) is 1.26. The van der Waals surface area contributed by atoms with Crippen molar-refractivity contribution in [2.75, 3.05) is 13.2 Å². The zero-order valence-electron chi connectivity index (χ0n) is 21.9. The van der Waals surface area contributed by atoms with E-state index in [0.29, 0.717) is 37.8 Å². The second-order valence-electron chi connectivity index (χ2n) is 10.4. The molecule has 1 aliphatic heterocycles. The quantitative estimate of drug-likeness (QED) is 0.437. The lowest BCUT2D eigenvalue weighted by Crippen LogP contribution is -2.46. The maximum atomic E-state index is 13.3. The van der Waals surface area contributed by atoms with E-state index >= 15 is 0 Å². The van der Waals surface area contributed by atoms with Crippen molar-refractivity contribution >= 4 is 11.5 Å². The Bertz CT molecular complexity index is 1270. The van der Waals surface area contributed by atoms with Crippen LogP contribution in [0.25, 0.3) is 11.2 Å². The molecule has 2 atom stereocenters. The second-order valence-corrected chi connectivity index (χ2v) is 10.4. The highest BCUT2D eigenvalue weighted by Gasteiger charge is 2.33. The Kier molecular flexibility index (Phi) is 7.54. The summed E-state index contributed by atoms with van der Waals surface area (Å²) in [6, 6.07) is 6.69. The summed E-state index contributed by atoms with van der Waals surface area (Å²) in [5, 5.41) is 12.2. The molecule has 4 bridgehead atoms. The van der Waals surface area contributed by atoms with Crippen molar-refractivity contribution in [3.63, 3.8) is 0 Å². The van der Waals surface area contributed by atoms with Crippen molar-refractivity contribution in [3.8, 4) is 11.6 Å². The Morgan fingerprint density at radius 3 is 2.68 bits per heavy atom. The predicted octanol–water partition coefficient (Wildman–Crippen LogP) is 6.15. The van der Waals surface area contributed by atoms with Crippen LogP contribution < -0.4 is 10.1 Å². The number of carbonyl (C=O) groups excluding carboxylic acids is 1. The van der Waals surface area contributed by atoms with Crippen LogP contribution in [0.1, 0.15) is 88.6 Å². The van der Waals surface area contributed by atoms with Gasteiger partial charge in [-0.1, -0.05) is 6.42 Å². The van der Waals surface area contributed by atoms with Gasteiger partial charge in [-0.25, -0.2) is 14.0 Å². The van der Waals surface area contributed by atoms with E-state index in [1.54, 1.807) is 15.6 Å². The number of hydrogen-bond acceptors (Lipinski definition) is 4. The van der Waals surface area contributed by atoms with Gasteiger partial charge in [0.15, 0.2) is 0 Å². The van der Waals surface area contributed by atoms with E-state index in [2.05, 4.69) is 16.5 Å². The molecule has 1 saturated carbocycles. The molecule has 0 spiro atoms. The summed E-state index contributed by atoms with van der Waals surface area (Å²) in [7, 11) is 0. The standard InChI is InChI=1S/C27H35F3N6O2/c1-3-34-18(2)23-17-24(19-8-9-19)35(33-23)22-15-21-11-13-31-36(21)25(16-22)38-14-6-4-5-7-20(32-26(34)37)10-12-27(28,29)30/h11,13,15-20H,3-10,12,14H2,1-2H3,(H,32,37)/t18?,20-/m1/s1. The third-order valence-electron chi connectivity index (χ3n) is 7.49. The van der Waals surface area contributed by atoms with Crippen molar-refractivity contribution in [2.24, 2.45) is 0 Å². The molecule has 2 amide bonds. The largest absolute Gasteiger partial charge is 0.478 e. The monoisotopic (exact) mass is 532 g/mol. The number of aromatic nitrogens is 4. The van der Waals surface area contributed by atoms with E-state index in [1.807, 2.05) is 36.7 Å². The molecule has 1 unspecified atom stereocenters. The van der Waals surface area contributed by atoms with Crippen LogP contribution in [0.15, 0.2) is 30.5 Å². The first-order valence-electron chi connectivity index (χ1n) is 13.6. The van der Waals surface area contributed by atoms with Crippen molar-refractivity contribution in [1.29, 1.82) is 0 Å². The van der Waals surface area contributed by atoms with Crippen LogP contribution in [0, 0.1) is 0 Å². The molecule has 4 heterocycles.